The van der Waals surface area contributed by atoms with Gasteiger partial charge in [-0.2, -0.15) is 0 Å². The first-order chi connectivity index (χ1) is 12.3. The number of amides is 1. The number of hydrogen-bond acceptors (Lipinski definition) is 3. The minimum absolute atomic E-state index is 0.0362. The van der Waals surface area contributed by atoms with E-state index in [9.17, 15) is 18.0 Å². The number of benzene rings is 1. The molecule has 2 rings (SSSR count). The molecule has 1 atom stereocenters. The van der Waals surface area contributed by atoms with Crippen LogP contribution in [0.5, 0.6) is 0 Å². The Hall–Kier alpha value is -1.89. The molecule has 0 aromatic heterocycles. The Kier molecular flexibility index (Phi) is 8.78. The van der Waals surface area contributed by atoms with Crippen LogP contribution in [0.2, 0.25) is 0 Å². The summed E-state index contributed by atoms with van der Waals surface area (Å²) in [6.45, 7) is 10.3. The van der Waals surface area contributed by atoms with E-state index in [0.29, 0.717) is 12.6 Å². The summed E-state index contributed by atoms with van der Waals surface area (Å²) in [6.07, 6.45) is 1.91. The van der Waals surface area contributed by atoms with Gasteiger partial charge >= 0.3 is 0 Å². The zero-order valence-electron chi connectivity index (χ0n) is 15.5. The van der Waals surface area contributed by atoms with Crippen LogP contribution in [-0.2, 0) is 4.79 Å². The van der Waals surface area contributed by atoms with Crippen LogP contribution in [0.15, 0.2) is 34.7 Å². The van der Waals surface area contributed by atoms with Crippen LogP contribution in [0.4, 0.5) is 13.2 Å². The largest absolute Gasteiger partial charge is 0.383 e. The summed E-state index contributed by atoms with van der Waals surface area (Å²) >= 11 is 1.41. The molecule has 1 saturated heterocycles. The van der Waals surface area contributed by atoms with Gasteiger partial charge in [-0.05, 0) is 18.6 Å². The highest BCUT2D eigenvalue weighted by molar-refractivity contribution is 8.06. The van der Waals surface area contributed by atoms with Gasteiger partial charge in [-0.25, -0.2) is 13.2 Å². The van der Waals surface area contributed by atoms with Crippen LogP contribution in [0.25, 0.3) is 0 Å². The Bertz CT molecular complexity index is 692. The van der Waals surface area contributed by atoms with Gasteiger partial charge in [-0.15, -0.1) is 0 Å². The lowest BCUT2D eigenvalue weighted by atomic mass is 9.97. The number of allylic oxidation sites excluding steroid dienone is 1. The van der Waals surface area contributed by atoms with Gasteiger partial charge in [0.2, 0.25) is 5.91 Å². The lowest BCUT2D eigenvalue weighted by Crippen LogP contribution is -2.27. The Morgan fingerprint density at radius 2 is 2.04 bits per heavy atom. The second-order valence-corrected chi connectivity index (χ2v) is 6.72. The number of likely N-dealkylation sites (tertiary alicyclic amines) is 1. The van der Waals surface area contributed by atoms with Crippen LogP contribution >= 0.6 is 11.8 Å². The smallest absolute Gasteiger partial charge is 0.223 e. The Labute approximate surface area is 157 Å². The van der Waals surface area contributed by atoms with Gasteiger partial charge in [0.25, 0.3) is 0 Å². The summed E-state index contributed by atoms with van der Waals surface area (Å²) in [4.78, 5) is 14.7. The van der Waals surface area contributed by atoms with E-state index in [1.54, 1.807) is 11.9 Å². The minimum Gasteiger partial charge on any atom is -0.383 e. The van der Waals surface area contributed by atoms with Crippen molar-refractivity contribution in [1.29, 1.82) is 0 Å². The fraction of sp³-hybridized carbons (Fsp3) is 0.421. The number of thioether (sulfide) groups is 1. The van der Waals surface area contributed by atoms with E-state index < -0.39 is 23.4 Å². The van der Waals surface area contributed by atoms with Gasteiger partial charge in [0.05, 0.1) is 11.6 Å². The number of hydrogen-bond donors (Lipinski definition) is 1. The van der Waals surface area contributed by atoms with Crippen LogP contribution in [-0.4, -0.2) is 30.9 Å². The molecule has 0 aliphatic carbocycles. The topological polar surface area (TPSA) is 32.3 Å². The number of halogens is 3. The molecule has 0 saturated carbocycles. The van der Waals surface area contributed by atoms with E-state index in [2.05, 4.69) is 11.9 Å². The average molecular weight is 386 g/mol. The summed E-state index contributed by atoms with van der Waals surface area (Å²) in [5.74, 6) is -3.88. The van der Waals surface area contributed by atoms with E-state index >= 15 is 0 Å². The molecule has 7 heteroatoms. The first-order valence-electron chi connectivity index (χ1n) is 8.47. The summed E-state index contributed by atoms with van der Waals surface area (Å²) in [5.41, 5.74) is -0.0855. The Balaban J connectivity index is 0.00000163. The SMILES string of the molecule is C=C(NC)S/C(=C\C)CN1CC(c2cc(F)cc(F)c2F)CC1=O.CC. The monoisotopic (exact) mass is 386 g/mol. The first kappa shape index (κ1) is 22.2. The molecule has 1 aliphatic rings. The van der Waals surface area contributed by atoms with E-state index in [1.165, 1.54) is 11.8 Å². The molecular formula is C19H25F3N2OS. The van der Waals surface area contributed by atoms with Gasteiger partial charge in [-0.1, -0.05) is 38.3 Å². The van der Waals surface area contributed by atoms with Gasteiger partial charge < -0.3 is 10.2 Å². The zero-order chi connectivity index (χ0) is 19.9. The fourth-order valence-corrected chi connectivity index (χ4v) is 3.34. The molecule has 1 amide bonds. The lowest BCUT2D eigenvalue weighted by Gasteiger charge is -2.19. The van der Waals surface area contributed by atoms with Gasteiger partial charge in [0.1, 0.15) is 5.82 Å². The molecule has 1 aliphatic heterocycles. The van der Waals surface area contributed by atoms with Crippen molar-refractivity contribution in [2.45, 2.75) is 33.1 Å². The number of carbonyl (C=O) groups excluding carboxylic acids is 1. The van der Waals surface area contributed by atoms with Crippen molar-refractivity contribution in [3.8, 4) is 0 Å². The number of carbonyl (C=O) groups is 1. The van der Waals surface area contributed by atoms with Crippen LogP contribution < -0.4 is 5.32 Å². The van der Waals surface area contributed by atoms with Crippen LogP contribution in [0.1, 0.15) is 38.7 Å². The van der Waals surface area contributed by atoms with E-state index in [0.717, 1.165) is 16.0 Å². The van der Waals surface area contributed by atoms with Crippen molar-refractivity contribution in [3.05, 3.63) is 57.7 Å². The third-order valence-corrected chi connectivity index (χ3v) is 4.95. The highest BCUT2D eigenvalue weighted by Gasteiger charge is 2.33. The second-order valence-electron chi connectivity index (χ2n) is 5.50. The molecule has 1 unspecified atom stereocenters. The van der Waals surface area contributed by atoms with Gasteiger partial charge in [-0.3, -0.25) is 4.79 Å². The van der Waals surface area contributed by atoms with Crippen molar-refractivity contribution >= 4 is 17.7 Å². The maximum Gasteiger partial charge on any atom is 0.223 e. The molecule has 1 aromatic carbocycles. The number of rotatable bonds is 6. The average Bonchev–Trinajstić information content (AvgIpc) is 2.99. The predicted molar refractivity (Wildman–Crippen MR) is 101 cm³/mol. The normalized spacial score (nSPS) is 17.0. The first-order valence-corrected chi connectivity index (χ1v) is 9.29. The van der Waals surface area contributed by atoms with Crippen molar-refractivity contribution < 1.29 is 18.0 Å². The van der Waals surface area contributed by atoms with Crippen molar-refractivity contribution in [2.75, 3.05) is 20.1 Å². The standard InChI is InChI=1S/C17H19F3N2OS.C2H6/c1-4-13(24-10(2)21-3)9-22-8-11(5-16(22)23)14-6-12(18)7-15(19)17(14)20;1-2/h4,6-7,11,21H,2,5,8-9H2,1,3H3;1-2H3/b13-4-;. The van der Waals surface area contributed by atoms with Crippen molar-refractivity contribution in [3.63, 3.8) is 0 Å². The molecule has 1 heterocycles. The molecule has 0 bridgehead atoms. The molecular weight excluding hydrogens is 361 g/mol. The maximum absolute atomic E-state index is 13.9. The third-order valence-electron chi connectivity index (χ3n) is 3.88. The Morgan fingerprint density at radius 3 is 2.62 bits per heavy atom. The van der Waals surface area contributed by atoms with Gasteiger partial charge in [0, 0.05) is 36.9 Å². The van der Waals surface area contributed by atoms with E-state index in [4.69, 9.17) is 0 Å². The molecule has 0 spiro atoms. The molecule has 144 valence electrons. The van der Waals surface area contributed by atoms with Crippen LogP contribution in [0, 0.1) is 17.5 Å². The van der Waals surface area contributed by atoms with E-state index in [1.807, 2.05) is 26.8 Å². The van der Waals surface area contributed by atoms with Gasteiger partial charge in [0.15, 0.2) is 11.6 Å². The third kappa shape index (κ3) is 5.56. The van der Waals surface area contributed by atoms with Crippen molar-refractivity contribution in [2.24, 2.45) is 0 Å². The summed E-state index contributed by atoms with van der Waals surface area (Å²) in [7, 11) is 1.75. The molecule has 3 nitrogen and oxygen atoms in total. The number of nitrogens with zero attached hydrogens (tertiary/aromatic N) is 1. The maximum atomic E-state index is 13.9. The highest BCUT2D eigenvalue weighted by Crippen LogP contribution is 2.33. The second kappa shape index (κ2) is 10.3. The highest BCUT2D eigenvalue weighted by atomic mass is 32.2. The fourth-order valence-electron chi connectivity index (χ4n) is 2.59. The summed E-state index contributed by atoms with van der Waals surface area (Å²) in [6, 6.07) is 1.47. The molecule has 0 radical (unpaired) electrons. The lowest BCUT2D eigenvalue weighted by molar-refractivity contribution is -0.127. The summed E-state index contributed by atoms with van der Waals surface area (Å²) < 4.78 is 40.7. The van der Waals surface area contributed by atoms with Crippen molar-refractivity contribution in [1.82, 2.24) is 10.2 Å². The van der Waals surface area contributed by atoms with E-state index in [-0.39, 0.29) is 24.4 Å². The minimum atomic E-state index is -1.23. The quantitative estimate of drug-likeness (QED) is 0.715. The molecule has 1 N–H and O–H groups in total. The Morgan fingerprint density at radius 1 is 1.38 bits per heavy atom. The predicted octanol–water partition coefficient (Wildman–Crippen LogP) is 4.77. The number of nitrogens with one attached hydrogen (secondary N) is 1. The molecule has 1 aromatic rings. The van der Waals surface area contributed by atoms with Crippen LogP contribution in [0.3, 0.4) is 0 Å². The zero-order valence-corrected chi connectivity index (χ0v) is 16.4. The molecule has 1 fully saturated rings. The molecule has 26 heavy (non-hydrogen) atoms. The summed E-state index contributed by atoms with van der Waals surface area (Å²) in [5, 5.41) is 3.65.